The van der Waals surface area contributed by atoms with Gasteiger partial charge in [0.25, 0.3) is 5.56 Å². The summed E-state index contributed by atoms with van der Waals surface area (Å²) in [4.78, 5) is 21.7. The molecule has 0 bridgehead atoms. The first-order valence-electron chi connectivity index (χ1n) is 9.02. The second kappa shape index (κ2) is 7.79. The van der Waals surface area contributed by atoms with Gasteiger partial charge in [-0.2, -0.15) is 0 Å². The van der Waals surface area contributed by atoms with Crippen molar-refractivity contribution in [2.24, 2.45) is 0 Å². The van der Waals surface area contributed by atoms with E-state index < -0.39 is 0 Å². The second-order valence-corrected chi connectivity index (χ2v) is 9.43. The van der Waals surface area contributed by atoms with Gasteiger partial charge in [-0.25, -0.2) is 4.98 Å². The van der Waals surface area contributed by atoms with Gasteiger partial charge in [0.15, 0.2) is 5.16 Å². The van der Waals surface area contributed by atoms with Gasteiger partial charge in [-0.3, -0.25) is 9.36 Å². The highest BCUT2D eigenvalue weighted by Crippen LogP contribution is 2.36. The van der Waals surface area contributed by atoms with Crippen LogP contribution in [0.4, 0.5) is 0 Å². The van der Waals surface area contributed by atoms with E-state index in [0.29, 0.717) is 0 Å². The summed E-state index contributed by atoms with van der Waals surface area (Å²) in [5, 5.41) is 1.75. The fourth-order valence-electron chi connectivity index (χ4n) is 3.46. The largest absolute Gasteiger partial charge is 0.287 e. The first kappa shape index (κ1) is 18.1. The minimum atomic E-state index is 0.163. The monoisotopic (exact) mass is 402 g/mol. The number of rotatable bonds is 6. The Morgan fingerprint density at radius 1 is 1.23 bits per heavy atom. The molecule has 1 aliphatic carbocycles. The fraction of sp³-hybridized carbons (Fsp3) is 0.400. The van der Waals surface area contributed by atoms with Gasteiger partial charge in [-0.05, 0) is 55.2 Å². The predicted octanol–water partition coefficient (Wildman–Crippen LogP) is 5.37. The van der Waals surface area contributed by atoms with E-state index in [0.717, 1.165) is 46.9 Å². The molecule has 0 spiro atoms. The number of hydrogen-bond donors (Lipinski definition) is 0. The van der Waals surface area contributed by atoms with E-state index in [-0.39, 0.29) is 5.56 Å². The number of thiophene rings is 1. The zero-order valence-electron chi connectivity index (χ0n) is 15.1. The van der Waals surface area contributed by atoms with Crippen LogP contribution in [0.25, 0.3) is 10.2 Å². The fourth-order valence-corrected chi connectivity index (χ4v) is 6.15. The molecule has 0 unspecified atom stereocenters. The van der Waals surface area contributed by atoms with Gasteiger partial charge in [0.2, 0.25) is 0 Å². The molecule has 0 aliphatic heterocycles. The Hall–Kier alpha value is -1.24. The lowest BCUT2D eigenvalue weighted by atomic mass is 10.2. The average molecular weight is 403 g/mol. The third-order valence-corrected chi connectivity index (χ3v) is 7.74. The summed E-state index contributed by atoms with van der Waals surface area (Å²) < 4.78 is 1.90. The lowest BCUT2D eigenvalue weighted by Gasteiger charge is -2.11. The standard InChI is InChI=1S/C20H22N2OS3/c1-3-11-22-19(23)17-15-5-4-6-16(15)26-18(17)21-20(22)25-12-13-7-9-14(24-2)10-8-13/h7-10H,3-6,11-12H2,1-2H3. The molecule has 0 radical (unpaired) electrons. The maximum atomic E-state index is 13.2. The summed E-state index contributed by atoms with van der Waals surface area (Å²) in [7, 11) is 0. The zero-order valence-corrected chi connectivity index (χ0v) is 17.5. The molecule has 0 fully saturated rings. The van der Waals surface area contributed by atoms with Crippen LogP contribution in [0.1, 0.15) is 35.8 Å². The zero-order chi connectivity index (χ0) is 18.1. The van der Waals surface area contributed by atoms with E-state index in [1.807, 2.05) is 4.57 Å². The van der Waals surface area contributed by atoms with Crippen LogP contribution in [-0.4, -0.2) is 15.8 Å². The van der Waals surface area contributed by atoms with Crippen molar-refractivity contribution in [3.63, 3.8) is 0 Å². The van der Waals surface area contributed by atoms with Crippen LogP contribution >= 0.6 is 34.9 Å². The molecule has 0 saturated carbocycles. The number of fused-ring (bicyclic) bond motifs is 3. The van der Waals surface area contributed by atoms with Crippen LogP contribution in [0.5, 0.6) is 0 Å². The molecule has 0 amide bonds. The SMILES string of the molecule is CCCn1c(SCc2ccc(SC)cc2)nc2sc3c(c2c1=O)CCC3. The first-order chi connectivity index (χ1) is 12.7. The Bertz CT molecular complexity index is 989. The first-order valence-corrected chi connectivity index (χ1v) is 12.0. The van der Waals surface area contributed by atoms with Crippen molar-refractivity contribution in [1.82, 2.24) is 9.55 Å². The quantitative estimate of drug-likeness (QED) is 0.410. The molecule has 2 heterocycles. The third-order valence-electron chi connectivity index (χ3n) is 4.76. The van der Waals surface area contributed by atoms with Crippen LogP contribution in [0.2, 0.25) is 0 Å². The smallest absolute Gasteiger partial charge is 0.263 e. The molecule has 2 aromatic heterocycles. The van der Waals surface area contributed by atoms with Gasteiger partial charge in [-0.1, -0.05) is 30.8 Å². The minimum absolute atomic E-state index is 0.163. The van der Waals surface area contributed by atoms with Gasteiger partial charge in [-0.15, -0.1) is 23.1 Å². The molecule has 136 valence electrons. The van der Waals surface area contributed by atoms with Crippen LogP contribution in [0.3, 0.4) is 0 Å². The van der Waals surface area contributed by atoms with Crippen LogP contribution in [-0.2, 0) is 25.1 Å². The van der Waals surface area contributed by atoms with E-state index in [4.69, 9.17) is 4.98 Å². The molecule has 4 rings (SSSR count). The topological polar surface area (TPSA) is 34.9 Å². The van der Waals surface area contributed by atoms with Crippen molar-refractivity contribution in [3.8, 4) is 0 Å². The number of nitrogens with zero attached hydrogens (tertiary/aromatic N) is 2. The van der Waals surface area contributed by atoms with E-state index in [1.165, 1.54) is 27.3 Å². The highest BCUT2D eigenvalue weighted by atomic mass is 32.2. The Morgan fingerprint density at radius 3 is 2.77 bits per heavy atom. The maximum absolute atomic E-state index is 13.2. The number of aromatic nitrogens is 2. The van der Waals surface area contributed by atoms with Crippen molar-refractivity contribution in [3.05, 3.63) is 50.6 Å². The van der Waals surface area contributed by atoms with Gasteiger partial charge in [0, 0.05) is 22.1 Å². The van der Waals surface area contributed by atoms with Crippen molar-refractivity contribution in [2.45, 2.75) is 55.0 Å². The van der Waals surface area contributed by atoms with Crippen LogP contribution in [0.15, 0.2) is 39.1 Å². The second-order valence-electron chi connectivity index (χ2n) is 6.53. The minimum Gasteiger partial charge on any atom is -0.287 e. The van der Waals surface area contributed by atoms with Gasteiger partial charge < -0.3 is 0 Å². The molecule has 0 atom stereocenters. The average Bonchev–Trinajstić information content (AvgIpc) is 3.24. The summed E-state index contributed by atoms with van der Waals surface area (Å²) in [6, 6.07) is 8.64. The van der Waals surface area contributed by atoms with Crippen molar-refractivity contribution >= 4 is 45.1 Å². The van der Waals surface area contributed by atoms with Crippen molar-refractivity contribution in [1.29, 1.82) is 0 Å². The molecule has 1 aromatic carbocycles. The number of benzene rings is 1. The Kier molecular flexibility index (Phi) is 5.43. The number of hydrogen-bond acceptors (Lipinski definition) is 5. The summed E-state index contributed by atoms with van der Waals surface area (Å²) in [5.41, 5.74) is 2.70. The highest BCUT2D eigenvalue weighted by Gasteiger charge is 2.23. The Labute approximate surface area is 166 Å². The third kappa shape index (κ3) is 3.35. The normalized spacial score (nSPS) is 13.5. The summed E-state index contributed by atoms with van der Waals surface area (Å²) in [6.07, 6.45) is 6.34. The van der Waals surface area contributed by atoms with Gasteiger partial charge >= 0.3 is 0 Å². The van der Waals surface area contributed by atoms with E-state index >= 15 is 0 Å². The van der Waals surface area contributed by atoms with Crippen LogP contribution in [0, 0.1) is 0 Å². The lowest BCUT2D eigenvalue weighted by Crippen LogP contribution is -2.23. The van der Waals surface area contributed by atoms with Gasteiger partial charge in [0.1, 0.15) is 4.83 Å². The van der Waals surface area contributed by atoms with Gasteiger partial charge in [0.05, 0.1) is 5.39 Å². The van der Waals surface area contributed by atoms with Crippen molar-refractivity contribution in [2.75, 3.05) is 6.26 Å². The van der Waals surface area contributed by atoms with Crippen molar-refractivity contribution < 1.29 is 0 Å². The summed E-state index contributed by atoms with van der Waals surface area (Å²) in [5.74, 6) is 0.835. The maximum Gasteiger partial charge on any atom is 0.263 e. The summed E-state index contributed by atoms with van der Waals surface area (Å²) in [6.45, 7) is 2.85. The molecule has 1 aliphatic rings. The van der Waals surface area contributed by atoms with E-state index in [2.05, 4.69) is 37.4 Å². The van der Waals surface area contributed by atoms with Crippen LogP contribution < -0.4 is 5.56 Å². The molecule has 26 heavy (non-hydrogen) atoms. The molecule has 0 saturated heterocycles. The highest BCUT2D eigenvalue weighted by molar-refractivity contribution is 7.98. The van der Waals surface area contributed by atoms with E-state index in [9.17, 15) is 4.79 Å². The van der Waals surface area contributed by atoms with E-state index in [1.54, 1.807) is 34.9 Å². The Morgan fingerprint density at radius 2 is 2.04 bits per heavy atom. The molecule has 3 aromatic rings. The number of aryl methyl sites for hydroxylation is 2. The number of thioether (sulfide) groups is 2. The predicted molar refractivity (Wildman–Crippen MR) is 114 cm³/mol. The molecule has 0 N–H and O–H groups in total. The molecular weight excluding hydrogens is 380 g/mol. The molecule has 6 heteroatoms. The Balaban J connectivity index is 1.69. The summed E-state index contributed by atoms with van der Waals surface area (Å²) >= 11 is 5.16. The molecule has 3 nitrogen and oxygen atoms in total. The molecular formula is C20H22N2OS3. The lowest BCUT2D eigenvalue weighted by molar-refractivity contribution is 0.585.